The zero-order valence-corrected chi connectivity index (χ0v) is 11.5. The number of hydrogen-bond acceptors (Lipinski definition) is 3. The molecule has 0 amide bonds. The summed E-state index contributed by atoms with van der Waals surface area (Å²) in [4.78, 5) is 22.3. The number of halogens is 1. The van der Waals surface area contributed by atoms with Crippen LogP contribution in [0, 0.1) is 0 Å². The van der Waals surface area contributed by atoms with Crippen molar-refractivity contribution < 1.29 is 14.3 Å². The van der Waals surface area contributed by atoms with Gasteiger partial charge in [-0.05, 0) is 31.0 Å². The molecule has 1 aromatic rings. The average molecular weight is 299 g/mol. The van der Waals surface area contributed by atoms with Crippen LogP contribution < -0.4 is 0 Å². The molecule has 0 aromatic heterocycles. The number of ketones is 1. The monoisotopic (exact) mass is 298 g/mol. The van der Waals surface area contributed by atoms with Gasteiger partial charge in [-0.2, -0.15) is 0 Å². The third-order valence-electron chi connectivity index (χ3n) is 2.21. The molecule has 3 nitrogen and oxygen atoms in total. The second-order valence-corrected chi connectivity index (χ2v) is 4.64. The van der Waals surface area contributed by atoms with Gasteiger partial charge in [0.05, 0.1) is 13.0 Å². The highest BCUT2D eigenvalue weighted by Gasteiger charge is 2.08. The normalized spacial score (nSPS) is 10.1. The number of benzene rings is 1. The van der Waals surface area contributed by atoms with Gasteiger partial charge in [0.1, 0.15) is 5.78 Å². The van der Waals surface area contributed by atoms with Crippen molar-refractivity contribution in [1.29, 1.82) is 0 Å². The van der Waals surface area contributed by atoms with Crippen molar-refractivity contribution in [3.63, 3.8) is 0 Å². The summed E-state index contributed by atoms with van der Waals surface area (Å²) in [5.41, 5.74) is 1.81. The molecular formula is C13H15BrO3. The molecule has 0 atom stereocenters. The molecule has 92 valence electrons. The zero-order chi connectivity index (χ0) is 12.8. The van der Waals surface area contributed by atoms with Gasteiger partial charge in [0.2, 0.25) is 0 Å². The summed E-state index contributed by atoms with van der Waals surface area (Å²) in [6.07, 6.45) is 0.660. The van der Waals surface area contributed by atoms with Crippen molar-refractivity contribution in [3.8, 4) is 0 Å². The number of carbonyl (C=O) groups is 2. The van der Waals surface area contributed by atoms with E-state index in [0.29, 0.717) is 13.0 Å². The third-order valence-corrected chi connectivity index (χ3v) is 2.95. The molecular weight excluding hydrogens is 284 g/mol. The highest BCUT2D eigenvalue weighted by atomic mass is 79.9. The minimum absolute atomic E-state index is 0.120. The quantitative estimate of drug-likeness (QED) is 0.785. The van der Waals surface area contributed by atoms with Gasteiger partial charge in [-0.25, -0.2) is 0 Å². The van der Waals surface area contributed by atoms with E-state index in [0.717, 1.165) is 15.6 Å². The lowest BCUT2D eigenvalue weighted by atomic mass is 10.1. The Bertz CT molecular complexity index is 427. The second-order valence-electron chi connectivity index (χ2n) is 3.79. The van der Waals surface area contributed by atoms with Crippen LogP contribution in [0.5, 0.6) is 0 Å². The largest absolute Gasteiger partial charge is 0.466 e. The predicted octanol–water partition coefficient (Wildman–Crippen LogP) is 2.69. The van der Waals surface area contributed by atoms with E-state index >= 15 is 0 Å². The van der Waals surface area contributed by atoms with Crippen LogP contribution in [0.2, 0.25) is 0 Å². The fraction of sp³-hybridized carbons (Fsp3) is 0.385. The molecule has 0 heterocycles. The minimum Gasteiger partial charge on any atom is -0.466 e. The van der Waals surface area contributed by atoms with Gasteiger partial charge in [0, 0.05) is 10.9 Å². The van der Waals surface area contributed by atoms with E-state index in [9.17, 15) is 9.59 Å². The summed E-state index contributed by atoms with van der Waals surface area (Å²) in [7, 11) is 0. The molecule has 0 aliphatic rings. The van der Waals surface area contributed by atoms with Gasteiger partial charge in [-0.15, -0.1) is 0 Å². The summed E-state index contributed by atoms with van der Waals surface area (Å²) >= 11 is 3.40. The van der Waals surface area contributed by atoms with Crippen LogP contribution in [0.4, 0.5) is 0 Å². The SMILES string of the molecule is CCOC(=O)Cc1ccc(CC(C)=O)cc1Br. The van der Waals surface area contributed by atoms with Crippen LogP contribution in [0.15, 0.2) is 22.7 Å². The zero-order valence-electron chi connectivity index (χ0n) is 9.96. The van der Waals surface area contributed by atoms with Crippen molar-refractivity contribution in [2.24, 2.45) is 0 Å². The van der Waals surface area contributed by atoms with Crippen molar-refractivity contribution in [3.05, 3.63) is 33.8 Å². The maximum atomic E-state index is 11.3. The van der Waals surface area contributed by atoms with Crippen molar-refractivity contribution in [2.45, 2.75) is 26.7 Å². The summed E-state index contributed by atoms with van der Waals surface area (Å²) in [6.45, 7) is 3.72. The number of carbonyl (C=O) groups excluding carboxylic acids is 2. The molecule has 0 N–H and O–H groups in total. The fourth-order valence-corrected chi connectivity index (χ4v) is 2.07. The van der Waals surface area contributed by atoms with E-state index in [1.165, 1.54) is 0 Å². The fourth-order valence-electron chi connectivity index (χ4n) is 1.50. The Kier molecular flexibility index (Phi) is 5.35. The highest BCUT2D eigenvalue weighted by molar-refractivity contribution is 9.10. The van der Waals surface area contributed by atoms with Crippen molar-refractivity contribution >= 4 is 27.7 Å². The minimum atomic E-state index is -0.243. The van der Waals surface area contributed by atoms with Gasteiger partial charge in [0.25, 0.3) is 0 Å². The lowest BCUT2D eigenvalue weighted by Crippen LogP contribution is -2.08. The number of esters is 1. The summed E-state index contributed by atoms with van der Waals surface area (Å²) in [5.74, 6) is -0.123. The average Bonchev–Trinajstić information content (AvgIpc) is 2.21. The van der Waals surface area contributed by atoms with E-state index in [1.807, 2.05) is 18.2 Å². The summed E-state index contributed by atoms with van der Waals surface area (Å²) in [5, 5.41) is 0. The van der Waals surface area contributed by atoms with Crippen LogP contribution in [0.25, 0.3) is 0 Å². The molecule has 4 heteroatoms. The van der Waals surface area contributed by atoms with Crippen LogP contribution in [-0.4, -0.2) is 18.4 Å². The molecule has 1 rings (SSSR count). The molecule has 0 unspecified atom stereocenters. The van der Waals surface area contributed by atoms with E-state index < -0.39 is 0 Å². The molecule has 17 heavy (non-hydrogen) atoms. The van der Waals surface area contributed by atoms with Gasteiger partial charge in [-0.3, -0.25) is 9.59 Å². The number of Topliss-reactive ketones (excluding diaryl/α,β-unsaturated/α-hetero) is 1. The molecule has 0 saturated heterocycles. The predicted molar refractivity (Wildman–Crippen MR) is 68.9 cm³/mol. The summed E-state index contributed by atoms with van der Waals surface area (Å²) < 4.78 is 5.72. The topological polar surface area (TPSA) is 43.4 Å². The van der Waals surface area contributed by atoms with E-state index in [1.54, 1.807) is 13.8 Å². The first-order chi connectivity index (χ1) is 8.02. The Hall–Kier alpha value is -1.16. The molecule has 0 bridgehead atoms. The second kappa shape index (κ2) is 6.55. The first-order valence-corrected chi connectivity index (χ1v) is 6.24. The number of hydrogen-bond donors (Lipinski definition) is 0. The number of rotatable bonds is 5. The van der Waals surface area contributed by atoms with Crippen LogP contribution >= 0.6 is 15.9 Å². The standard InChI is InChI=1S/C13H15BrO3/c1-3-17-13(16)8-11-5-4-10(6-9(2)15)7-12(11)14/h4-5,7H,3,6,8H2,1-2H3. The Morgan fingerprint density at radius 2 is 2.00 bits per heavy atom. The lowest BCUT2D eigenvalue weighted by Gasteiger charge is -2.06. The van der Waals surface area contributed by atoms with Crippen LogP contribution in [-0.2, 0) is 27.2 Å². The Morgan fingerprint density at radius 3 is 2.53 bits per heavy atom. The van der Waals surface area contributed by atoms with Gasteiger partial charge in [0.15, 0.2) is 0 Å². The Labute approximate surface area is 109 Å². The van der Waals surface area contributed by atoms with Crippen LogP contribution in [0.3, 0.4) is 0 Å². The van der Waals surface area contributed by atoms with E-state index in [2.05, 4.69) is 15.9 Å². The Morgan fingerprint density at radius 1 is 1.29 bits per heavy atom. The first kappa shape index (κ1) is 13.9. The van der Waals surface area contributed by atoms with Gasteiger partial charge >= 0.3 is 5.97 Å². The number of ether oxygens (including phenoxy) is 1. The maximum absolute atomic E-state index is 11.3. The first-order valence-electron chi connectivity index (χ1n) is 5.45. The molecule has 1 aromatic carbocycles. The Balaban J connectivity index is 2.75. The van der Waals surface area contributed by atoms with Crippen molar-refractivity contribution in [1.82, 2.24) is 0 Å². The smallest absolute Gasteiger partial charge is 0.310 e. The van der Waals surface area contributed by atoms with E-state index in [-0.39, 0.29) is 18.2 Å². The molecule has 0 saturated carbocycles. The summed E-state index contributed by atoms with van der Waals surface area (Å²) in [6, 6.07) is 5.58. The van der Waals surface area contributed by atoms with Crippen molar-refractivity contribution in [2.75, 3.05) is 6.61 Å². The highest BCUT2D eigenvalue weighted by Crippen LogP contribution is 2.20. The molecule has 0 aliphatic carbocycles. The maximum Gasteiger partial charge on any atom is 0.310 e. The molecule has 0 radical (unpaired) electrons. The van der Waals surface area contributed by atoms with E-state index in [4.69, 9.17) is 4.74 Å². The van der Waals surface area contributed by atoms with Gasteiger partial charge in [-0.1, -0.05) is 28.1 Å². The molecule has 0 spiro atoms. The molecule has 0 aliphatic heterocycles. The molecule has 0 fully saturated rings. The van der Waals surface area contributed by atoms with Crippen LogP contribution in [0.1, 0.15) is 25.0 Å². The lowest BCUT2D eigenvalue weighted by molar-refractivity contribution is -0.142. The van der Waals surface area contributed by atoms with Gasteiger partial charge < -0.3 is 4.74 Å². The third kappa shape index (κ3) is 4.69.